The third kappa shape index (κ3) is 2.47. The van der Waals surface area contributed by atoms with Crippen molar-refractivity contribution >= 4 is 6.09 Å². The Labute approximate surface area is 109 Å². The first-order valence-electron chi connectivity index (χ1n) is 6.96. The van der Waals surface area contributed by atoms with Crippen molar-refractivity contribution in [1.29, 1.82) is 0 Å². The highest BCUT2D eigenvalue weighted by molar-refractivity contribution is 5.69. The summed E-state index contributed by atoms with van der Waals surface area (Å²) in [5.74, 6) is 0. The quantitative estimate of drug-likeness (QED) is 0.796. The van der Waals surface area contributed by atoms with Gasteiger partial charge in [0.25, 0.3) is 0 Å². The molecule has 2 saturated heterocycles. The molecule has 0 aliphatic carbocycles. The molecule has 1 unspecified atom stereocenters. The number of amides is 1. The average Bonchev–Trinajstić information content (AvgIpc) is 2.66. The lowest BCUT2D eigenvalue weighted by Gasteiger charge is -2.42. The van der Waals surface area contributed by atoms with Crippen molar-refractivity contribution in [3.63, 3.8) is 0 Å². The van der Waals surface area contributed by atoms with Crippen molar-refractivity contribution < 1.29 is 9.53 Å². The van der Waals surface area contributed by atoms with Gasteiger partial charge < -0.3 is 15.0 Å². The maximum Gasteiger partial charge on any atom is 0.410 e. The molecule has 18 heavy (non-hydrogen) atoms. The molecule has 2 aliphatic heterocycles. The van der Waals surface area contributed by atoms with Crippen molar-refractivity contribution in [1.82, 2.24) is 15.1 Å². The highest BCUT2D eigenvalue weighted by Crippen LogP contribution is 2.33. The normalized spacial score (nSPS) is 28.4. The number of carbonyl (C=O) groups excluding carboxylic acids is 1. The lowest BCUT2D eigenvalue weighted by Crippen LogP contribution is -2.58. The first kappa shape index (κ1) is 13.6. The van der Waals surface area contributed by atoms with Crippen molar-refractivity contribution in [2.24, 2.45) is 0 Å². The Hall–Kier alpha value is -0.810. The lowest BCUT2D eigenvalue weighted by atomic mass is 9.94. The summed E-state index contributed by atoms with van der Waals surface area (Å²) < 4.78 is 5.15. The highest BCUT2D eigenvalue weighted by atomic mass is 16.6. The van der Waals surface area contributed by atoms with Crippen LogP contribution in [-0.4, -0.2) is 66.8 Å². The Morgan fingerprint density at radius 1 is 1.33 bits per heavy atom. The van der Waals surface area contributed by atoms with E-state index >= 15 is 0 Å². The van der Waals surface area contributed by atoms with Crippen LogP contribution in [0.3, 0.4) is 0 Å². The van der Waals surface area contributed by atoms with Gasteiger partial charge in [-0.3, -0.25) is 4.90 Å². The van der Waals surface area contributed by atoms with Crippen molar-refractivity contribution in [3.05, 3.63) is 0 Å². The van der Waals surface area contributed by atoms with E-state index in [1.165, 1.54) is 0 Å². The van der Waals surface area contributed by atoms with Crippen LogP contribution >= 0.6 is 0 Å². The zero-order chi connectivity index (χ0) is 13.2. The number of nitrogens with zero attached hydrogens (tertiary/aromatic N) is 2. The van der Waals surface area contributed by atoms with Crippen LogP contribution in [0.15, 0.2) is 0 Å². The number of hydrogen-bond acceptors (Lipinski definition) is 4. The van der Waals surface area contributed by atoms with Gasteiger partial charge in [0.1, 0.15) is 0 Å². The summed E-state index contributed by atoms with van der Waals surface area (Å²) in [6.45, 7) is 11.7. The topological polar surface area (TPSA) is 44.8 Å². The number of likely N-dealkylation sites (tertiary alicyclic amines) is 1. The largest absolute Gasteiger partial charge is 0.450 e. The van der Waals surface area contributed by atoms with E-state index in [1.807, 2.05) is 11.8 Å². The molecule has 0 radical (unpaired) electrons. The van der Waals surface area contributed by atoms with Gasteiger partial charge in [0.2, 0.25) is 0 Å². The molecule has 1 amide bonds. The Morgan fingerprint density at radius 2 is 2.00 bits per heavy atom. The molecule has 5 heteroatoms. The Kier molecular flexibility index (Phi) is 4.12. The molecular weight excluding hydrogens is 230 g/mol. The maximum absolute atomic E-state index is 12.0. The summed E-state index contributed by atoms with van der Waals surface area (Å²) in [5, 5.41) is 3.37. The molecule has 0 spiro atoms. The average molecular weight is 255 g/mol. The molecule has 2 fully saturated rings. The number of ether oxygens (including phenoxy) is 1. The molecule has 104 valence electrons. The molecule has 0 aromatic heterocycles. The predicted molar refractivity (Wildman–Crippen MR) is 70.7 cm³/mol. The summed E-state index contributed by atoms with van der Waals surface area (Å²) in [5.41, 5.74) is -0.135. The van der Waals surface area contributed by atoms with Crippen molar-refractivity contribution in [2.75, 3.05) is 39.3 Å². The number of hydrogen-bond donors (Lipinski definition) is 1. The van der Waals surface area contributed by atoms with Crippen LogP contribution in [0.4, 0.5) is 4.79 Å². The fourth-order valence-corrected chi connectivity index (χ4v) is 3.22. The Morgan fingerprint density at radius 3 is 2.61 bits per heavy atom. The number of rotatable bonds is 2. The van der Waals surface area contributed by atoms with Crippen molar-refractivity contribution in [3.8, 4) is 0 Å². The minimum atomic E-state index is -0.167. The van der Waals surface area contributed by atoms with Gasteiger partial charge in [-0.1, -0.05) is 0 Å². The van der Waals surface area contributed by atoms with E-state index in [2.05, 4.69) is 24.1 Å². The van der Waals surface area contributed by atoms with E-state index < -0.39 is 0 Å². The minimum Gasteiger partial charge on any atom is -0.450 e. The van der Waals surface area contributed by atoms with E-state index in [4.69, 9.17) is 4.74 Å². The van der Waals surface area contributed by atoms with Crippen LogP contribution in [-0.2, 0) is 4.74 Å². The van der Waals surface area contributed by atoms with E-state index in [1.54, 1.807) is 0 Å². The second kappa shape index (κ2) is 5.45. The van der Waals surface area contributed by atoms with Crippen LogP contribution in [0.2, 0.25) is 0 Å². The number of nitrogens with one attached hydrogen (secondary N) is 1. The molecule has 0 aromatic rings. The maximum atomic E-state index is 12.0. The first-order chi connectivity index (χ1) is 8.57. The molecule has 0 bridgehead atoms. The second-order valence-corrected chi connectivity index (χ2v) is 5.59. The first-order valence-corrected chi connectivity index (χ1v) is 6.96. The molecule has 2 aliphatic rings. The minimum absolute atomic E-state index is 0.135. The zero-order valence-corrected chi connectivity index (χ0v) is 11.7. The Balaban J connectivity index is 2.04. The highest BCUT2D eigenvalue weighted by Gasteiger charge is 2.47. The van der Waals surface area contributed by atoms with Crippen LogP contribution in [0, 0.1) is 0 Å². The SMILES string of the molecule is CCOC(=O)N1CCC(N2CCNCC2)C1(C)C. The molecule has 0 aromatic carbocycles. The molecular formula is C13H25N3O2. The van der Waals surface area contributed by atoms with E-state index in [9.17, 15) is 4.79 Å². The molecule has 5 nitrogen and oxygen atoms in total. The smallest absolute Gasteiger partial charge is 0.410 e. The van der Waals surface area contributed by atoms with Gasteiger partial charge in [-0.25, -0.2) is 4.79 Å². The van der Waals surface area contributed by atoms with Gasteiger partial charge in [0, 0.05) is 38.8 Å². The van der Waals surface area contributed by atoms with E-state index in [0.29, 0.717) is 12.6 Å². The van der Waals surface area contributed by atoms with Crippen molar-refractivity contribution in [2.45, 2.75) is 38.8 Å². The molecule has 2 heterocycles. The van der Waals surface area contributed by atoms with Gasteiger partial charge in [-0.15, -0.1) is 0 Å². The third-order valence-corrected chi connectivity index (χ3v) is 4.22. The summed E-state index contributed by atoms with van der Waals surface area (Å²) in [7, 11) is 0. The fraction of sp³-hybridized carbons (Fsp3) is 0.923. The number of carbonyl (C=O) groups is 1. The summed E-state index contributed by atoms with van der Waals surface area (Å²) in [6.07, 6.45) is 0.881. The fourth-order valence-electron chi connectivity index (χ4n) is 3.22. The molecule has 1 N–H and O–H groups in total. The summed E-state index contributed by atoms with van der Waals surface area (Å²) in [6, 6.07) is 0.448. The molecule has 0 saturated carbocycles. The van der Waals surface area contributed by atoms with Crippen LogP contribution in [0.5, 0.6) is 0 Å². The van der Waals surface area contributed by atoms with E-state index in [0.717, 1.165) is 39.1 Å². The Bertz CT molecular complexity index is 301. The summed E-state index contributed by atoms with van der Waals surface area (Å²) in [4.78, 5) is 16.4. The van der Waals surface area contributed by atoms with Gasteiger partial charge in [-0.05, 0) is 27.2 Å². The van der Waals surface area contributed by atoms with Gasteiger partial charge in [0.15, 0.2) is 0 Å². The third-order valence-electron chi connectivity index (χ3n) is 4.22. The predicted octanol–water partition coefficient (Wildman–Crippen LogP) is 0.901. The number of piperazine rings is 1. The lowest BCUT2D eigenvalue weighted by molar-refractivity contribution is 0.0523. The van der Waals surface area contributed by atoms with E-state index in [-0.39, 0.29) is 11.6 Å². The standard InChI is InChI=1S/C13H25N3O2/c1-4-18-12(17)16-8-5-11(13(16,2)3)15-9-6-14-7-10-15/h11,14H,4-10H2,1-3H3. The zero-order valence-electron chi connectivity index (χ0n) is 11.7. The second-order valence-electron chi connectivity index (χ2n) is 5.59. The van der Waals surface area contributed by atoms with Crippen LogP contribution < -0.4 is 5.32 Å². The van der Waals surface area contributed by atoms with Crippen LogP contribution in [0.25, 0.3) is 0 Å². The summed E-state index contributed by atoms with van der Waals surface area (Å²) >= 11 is 0. The van der Waals surface area contributed by atoms with Gasteiger partial charge in [-0.2, -0.15) is 0 Å². The molecule has 2 rings (SSSR count). The van der Waals surface area contributed by atoms with Gasteiger partial charge >= 0.3 is 6.09 Å². The van der Waals surface area contributed by atoms with Crippen LogP contribution in [0.1, 0.15) is 27.2 Å². The van der Waals surface area contributed by atoms with Gasteiger partial charge in [0.05, 0.1) is 12.1 Å². The molecule has 1 atom stereocenters. The monoisotopic (exact) mass is 255 g/mol.